The maximum absolute atomic E-state index is 5.42. The summed E-state index contributed by atoms with van der Waals surface area (Å²) in [5, 5.41) is 0. The van der Waals surface area contributed by atoms with Gasteiger partial charge in [0.15, 0.2) is 6.29 Å². The van der Waals surface area contributed by atoms with Crippen molar-refractivity contribution in [2.45, 2.75) is 26.6 Å². The fourth-order valence-corrected chi connectivity index (χ4v) is 1.23. The molecule has 0 radical (unpaired) electrons. The summed E-state index contributed by atoms with van der Waals surface area (Å²) >= 11 is 0. The van der Waals surface area contributed by atoms with Gasteiger partial charge in [-0.05, 0) is 26.0 Å². The minimum atomic E-state index is -0.167. The average molecular weight is 195 g/mol. The van der Waals surface area contributed by atoms with E-state index in [-0.39, 0.29) is 6.29 Å². The highest BCUT2D eigenvalue weighted by Crippen LogP contribution is 2.04. The number of ether oxygens (including phenoxy) is 2. The summed E-state index contributed by atoms with van der Waals surface area (Å²) in [5.74, 6) is 0. The minimum absolute atomic E-state index is 0.167. The molecule has 0 saturated heterocycles. The first-order valence-corrected chi connectivity index (χ1v) is 5.00. The fraction of sp³-hybridized carbons (Fsp3) is 0.545. The molecule has 0 saturated carbocycles. The molecule has 0 aliphatic carbocycles. The first kappa shape index (κ1) is 11.1. The minimum Gasteiger partial charge on any atom is -0.353 e. The number of hydrogen-bond donors (Lipinski definition) is 0. The van der Waals surface area contributed by atoms with Gasteiger partial charge in [-0.1, -0.05) is 6.07 Å². The Hall–Kier alpha value is -0.930. The Bertz CT molecular complexity index is 232. The molecule has 1 rings (SSSR count). The third kappa shape index (κ3) is 3.85. The Morgan fingerprint density at radius 1 is 1.21 bits per heavy atom. The molecule has 3 heteroatoms. The van der Waals surface area contributed by atoms with Crippen molar-refractivity contribution in [1.82, 2.24) is 4.98 Å². The zero-order valence-electron chi connectivity index (χ0n) is 8.77. The van der Waals surface area contributed by atoms with E-state index in [1.165, 1.54) is 0 Å². The molecular formula is C11H17NO2. The quantitative estimate of drug-likeness (QED) is 0.651. The standard InChI is InChI=1S/C11H17NO2/c1-3-13-11(14-4-2)9-10-7-5-6-8-12-10/h5-8,11H,3-4,9H2,1-2H3. The molecule has 0 bridgehead atoms. The fourth-order valence-electron chi connectivity index (χ4n) is 1.23. The molecule has 0 amide bonds. The molecule has 0 aliphatic rings. The van der Waals surface area contributed by atoms with Crippen LogP contribution in [0.3, 0.4) is 0 Å². The molecule has 0 N–H and O–H groups in total. The van der Waals surface area contributed by atoms with Gasteiger partial charge in [-0.25, -0.2) is 0 Å². The van der Waals surface area contributed by atoms with Crippen LogP contribution in [-0.4, -0.2) is 24.5 Å². The zero-order chi connectivity index (χ0) is 10.2. The second-order valence-corrected chi connectivity index (χ2v) is 2.87. The van der Waals surface area contributed by atoms with Gasteiger partial charge in [-0.2, -0.15) is 0 Å². The summed E-state index contributed by atoms with van der Waals surface area (Å²) in [5.41, 5.74) is 0.999. The van der Waals surface area contributed by atoms with Crippen molar-refractivity contribution in [3.8, 4) is 0 Å². The summed E-state index contributed by atoms with van der Waals surface area (Å²) in [4.78, 5) is 4.22. The van der Waals surface area contributed by atoms with Gasteiger partial charge in [0.05, 0.1) is 0 Å². The van der Waals surface area contributed by atoms with Crippen LogP contribution in [0.25, 0.3) is 0 Å². The van der Waals surface area contributed by atoms with Crippen LogP contribution in [0.15, 0.2) is 24.4 Å². The van der Waals surface area contributed by atoms with Gasteiger partial charge in [-0.3, -0.25) is 4.98 Å². The third-order valence-corrected chi connectivity index (χ3v) is 1.81. The second kappa shape index (κ2) is 6.51. The van der Waals surface area contributed by atoms with E-state index >= 15 is 0 Å². The van der Waals surface area contributed by atoms with E-state index in [9.17, 15) is 0 Å². The lowest BCUT2D eigenvalue weighted by Gasteiger charge is -2.16. The normalized spacial score (nSPS) is 10.8. The van der Waals surface area contributed by atoms with E-state index in [0.717, 1.165) is 5.69 Å². The van der Waals surface area contributed by atoms with Crippen LogP contribution < -0.4 is 0 Å². The van der Waals surface area contributed by atoms with Gasteiger partial charge in [0.2, 0.25) is 0 Å². The van der Waals surface area contributed by atoms with E-state index in [1.807, 2.05) is 32.0 Å². The van der Waals surface area contributed by atoms with E-state index < -0.39 is 0 Å². The lowest BCUT2D eigenvalue weighted by atomic mass is 10.2. The first-order chi connectivity index (χ1) is 6.86. The van der Waals surface area contributed by atoms with Gasteiger partial charge in [0.1, 0.15) is 0 Å². The van der Waals surface area contributed by atoms with Crippen LogP contribution in [0, 0.1) is 0 Å². The molecule has 0 atom stereocenters. The summed E-state index contributed by atoms with van der Waals surface area (Å²) in [6.07, 6.45) is 2.33. The molecule has 0 spiro atoms. The van der Waals surface area contributed by atoms with Crippen LogP contribution in [0.5, 0.6) is 0 Å². The predicted molar refractivity (Wildman–Crippen MR) is 55.0 cm³/mol. The van der Waals surface area contributed by atoms with E-state index in [4.69, 9.17) is 9.47 Å². The summed E-state index contributed by atoms with van der Waals surface area (Å²) in [6, 6.07) is 5.85. The smallest absolute Gasteiger partial charge is 0.163 e. The van der Waals surface area contributed by atoms with Gasteiger partial charge >= 0.3 is 0 Å². The maximum Gasteiger partial charge on any atom is 0.163 e. The van der Waals surface area contributed by atoms with E-state index in [1.54, 1.807) is 6.20 Å². The third-order valence-electron chi connectivity index (χ3n) is 1.81. The Morgan fingerprint density at radius 3 is 2.43 bits per heavy atom. The van der Waals surface area contributed by atoms with Gasteiger partial charge < -0.3 is 9.47 Å². The molecule has 1 aromatic rings. The number of pyridine rings is 1. The maximum atomic E-state index is 5.42. The Balaban J connectivity index is 2.46. The van der Waals surface area contributed by atoms with Gasteiger partial charge in [0, 0.05) is 31.5 Å². The molecule has 3 nitrogen and oxygen atoms in total. The highest BCUT2D eigenvalue weighted by molar-refractivity contribution is 5.03. The monoisotopic (exact) mass is 195 g/mol. The predicted octanol–water partition coefficient (Wildman–Crippen LogP) is 2.02. The molecule has 78 valence electrons. The first-order valence-electron chi connectivity index (χ1n) is 5.00. The van der Waals surface area contributed by atoms with Gasteiger partial charge in [-0.15, -0.1) is 0 Å². The molecule has 0 fully saturated rings. The van der Waals surface area contributed by atoms with Crippen molar-refractivity contribution in [3.63, 3.8) is 0 Å². The molecule has 14 heavy (non-hydrogen) atoms. The summed E-state index contributed by atoms with van der Waals surface area (Å²) < 4.78 is 10.8. The molecule has 1 aromatic heterocycles. The average Bonchev–Trinajstić information content (AvgIpc) is 2.20. The van der Waals surface area contributed by atoms with Crippen molar-refractivity contribution in [3.05, 3.63) is 30.1 Å². The lowest BCUT2D eigenvalue weighted by molar-refractivity contribution is -0.135. The largest absolute Gasteiger partial charge is 0.353 e. The van der Waals surface area contributed by atoms with Crippen LogP contribution in [0.1, 0.15) is 19.5 Å². The van der Waals surface area contributed by atoms with Crippen molar-refractivity contribution >= 4 is 0 Å². The number of nitrogens with zero attached hydrogens (tertiary/aromatic N) is 1. The van der Waals surface area contributed by atoms with Crippen molar-refractivity contribution in [1.29, 1.82) is 0 Å². The van der Waals surface area contributed by atoms with Crippen molar-refractivity contribution in [2.75, 3.05) is 13.2 Å². The second-order valence-electron chi connectivity index (χ2n) is 2.87. The molecule has 1 heterocycles. The number of aromatic nitrogens is 1. The molecule has 0 aromatic carbocycles. The molecular weight excluding hydrogens is 178 g/mol. The van der Waals surface area contributed by atoms with Crippen LogP contribution in [0.2, 0.25) is 0 Å². The lowest BCUT2D eigenvalue weighted by Crippen LogP contribution is -2.20. The molecule has 0 aliphatic heterocycles. The Morgan fingerprint density at radius 2 is 1.93 bits per heavy atom. The van der Waals surface area contributed by atoms with Crippen LogP contribution in [0.4, 0.5) is 0 Å². The van der Waals surface area contributed by atoms with Crippen LogP contribution in [-0.2, 0) is 15.9 Å². The van der Waals surface area contributed by atoms with Crippen molar-refractivity contribution < 1.29 is 9.47 Å². The van der Waals surface area contributed by atoms with Crippen molar-refractivity contribution in [2.24, 2.45) is 0 Å². The number of hydrogen-bond acceptors (Lipinski definition) is 3. The molecule has 0 unspecified atom stereocenters. The SMILES string of the molecule is CCOC(Cc1ccccn1)OCC. The van der Waals surface area contributed by atoms with Crippen LogP contribution >= 0.6 is 0 Å². The highest BCUT2D eigenvalue weighted by Gasteiger charge is 2.08. The summed E-state index contributed by atoms with van der Waals surface area (Å²) in [7, 11) is 0. The Kier molecular flexibility index (Phi) is 5.19. The summed E-state index contributed by atoms with van der Waals surface area (Å²) in [6.45, 7) is 5.25. The Labute approximate surface area is 85.1 Å². The van der Waals surface area contributed by atoms with E-state index in [0.29, 0.717) is 19.6 Å². The zero-order valence-corrected chi connectivity index (χ0v) is 8.77. The highest BCUT2D eigenvalue weighted by atomic mass is 16.7. The topological polar surface area (TPSA) is 31.4 Å². The van der Waals surface area contributed by atoms with E-state index in [2.05, 4.69) is 4.98 Å². The number of rotatable bonds is 6. The van der Waals surface area contributed by atoms with Gasteiger partial charge in [0.25, 0.3) is 0 Å².